The topological polar surface area (TPSA) is 74.7 Å². The molecule has 1 N–H and O–H groups in total. The predicted octanol–water partition coefficient (Wildman–Crippen LogP) is 3.04. The molecule has 2 rings (SSSR count). The van der Waals surface area contributed by atoms with E-state index in [4.69, 9.17) is 5.11 Å². The van der Waals surface area contributed by atoms with Crippen LogP contribution in [0.1, 0.15) is 48.7 Å². The Morgan fingerprint density at radius 1 is 1.38 bits per heavy atom. The van der Waals surface area contributed by atoms with Crippen LogP contribution in [0.3, 0.4) is 0 Å². The summed E-state index contributed by atoms with van der Waals surface area (Å²) in [4.78, 5) is 11.0. The van der Waals surface area contributed by atoms with Gasteiger partial charge in [-0.05, 0) is 37.7 Å². The number of carbonyl (C=O) groups is 1. The molecule has 7 heteroatoms. The van der Waals surface area contributed by atoms with Gasteiger partial charge in [0, 0.05) is 18.5 Å². The molecule has 0 bridgehead atoms. The summed E-state index contributed by atoms with van der Waals surface area (Å²) in [5, 5.41) is 10.3. The Bertz CT molecular complexity index is 600. The molecule has 0 atom stereocenters. The fourth-order valence-corrected chi connectivity index (χ4v) is 5.36. The normalized spacial score (nSPS) is 23.4. The van der Waals surface area contributed by atoms with Gasteiger partial charge < -0.3 is 5.11 Å². The molecular weight excluding hydrogens is 310 g/mol. The summed E-state index contributed by atoms with van der Waals surface area (Å²) in [7, 11) is -1.99. The summed E-state index contributed by atoms with van der Waals surface area (Å²) in [5.74, 6) is -0.385. The first-order valence-electron chi connectivity index (χ1n) is 7.16. The second-order valence-corrected chi connectivity index (χ2v) is 8.46. The van der Waals surface area contributed by atoms with E-state index in [1.165, 1.54) is 15.8 Å². The van der Waals surface area contributed by atoms with E-state index in [1.54, 1.807) is 7.05 Å². The standard InChI is InChI=1S/C14H21NO4S2/c1-3-10-4-6-11(7-5-10)15(2)21(18,19)12-8-13(14(16)17)20-9-12/h8-11H,3-7H2,1-2H3,(H,16,17). The van der Waals surface area contributed by atoms with Crippen LogP contribution >= 0.6 is 11.3 Å². The molecule has 0 spiro atoms. The molecule has 0 aromatic carbocycles. The van der Waals surface area contributed by atoms with Crippen LogP contribution in [-0.4, -0.2) is 36.9 Å². The van der Waals surface area contributed by atoms with Crippen LogP contribution in [0, 0.1) is 5.92 Å². The van der Waals surface area contributed by atoms with Crippen LogP contribution in [0.5, 0.6) is 0 Å². The summed E-state index contributed by atoms with van der Waals surface area (Å²) in [6.07, 6.45) is 5.03. The summed E-state index contributed by atoms with van der Waals surface area (Å²) >= 11 is 0.947. The molecule has 1 heterocycles. The average molecular weight is 331 g/mol. The summed E-state index contributed by atoms with van der Waals surface area (Å²) in [5.41, 5.74) is 0. The van der Waals surface area contributed by atoms with Gasteiger partial charge in [0.2, 0.25) is 10.0 Å². The van der Waals surface area contributed by atoms with Gasteiger partial charge in [-0.3, -0.25) is 0 Å². The molecule has 0 radical (unpaired) electrons. The predicted molar refractivity (Wildman–Crippen MR) is 82.3 cm³/mol. The van der Waals surface area contributed by atoms with E-state index in [9.17, 15) is 13.2 Å². The average Bonchev–Trinajstić information content (AvgIpc) is 2.97. The van der Waals surface area contributed by atoms with Crippen molar-refractivity contribution in [3.63, 3.8) is 0 Å². The Labute approximate surface area is 129 Å². The third kappa shape index (κ3) is 3.46. The van der Waals surface area contributed by atoms with Crippen molar-refractivity contribution in [2.24, 2.45) is 5.92 Å². The maximum Gasteiger partial charge on any atom is 0.345 e. The highest BCUT2D eigenvalue weighted by molar-refractivity contribution is 7.89. The maximum atomic E-state index is 12.6. The smallest absolute Gasteiger partial charge is 0.345 e. The van der Waals surface area contributed by atoms with Crippen molar-refractivity contribution in [3.05, 3.63) is 16.3 Å². The van der Waals surface area contributed by atoms with Crippen LogP contribution < -0.4 is 0 Å². The fraction of sp³-hybridized carbons (Fsp3) is 0.643. The van der Waals surface area contributed by atoms with Crippen LogP contribution in [-0.2, 0) is 10.0 Å². The van der Waals surface area contributed by atoms with Crippen molar-refractivity contribution in [2.45, 2.75) is 50.0 Å². The fourth-order valence-electron chi connectivity index (χ4n) is 2.85. The van der Waals surface area contributed by atoms with E-state index in [1.807, 2.05) is 0 Å². The van der Waals surface area contributed by atoms with Crippen LogP contribution in [0.2, 0.25) is 0 Å². The van der Waals surface area contributed by atoms with Crippen molar-refractivity contribution in [2.75, 3.05) is 7.05 Å². The third-order valence-electron chi connectivity index (χ3n) is 4.37. The van der Waals surface area contributed by atoms with E-state index >= 15 is 0 Å². The number of thiophene rings is 1. The van der Waals surface area contributed by atoms with Gasteiger partial charge in [-0.15, -0.1) is 11.3 Å². The number of sulfonamides is 1. The van der Waals surface area contributed by atoms with E-state index in [-0.39, 0.29) is 15.8 Å². The minimum atomic E-state index is -3.60. The minimum Gasteiger partial charge on any atom is -0.477 e. The van der Waals surface area contributed by atoms with Crippen molar-refractivity contribution in [3.8, 4) is 0 Å². The highest BCUT2D eigenvalue weighted by Gasteiger charge is 2.32. The van der Waals surface area contributed by atoms with E-state index in [0.717, 1.165) is 43.4 Å². The summed E-state index contributed by atoms with van der Waals surface area (Å²) < 4.78 is 26.5. The third-order valence-corrected chi connectivity index (χ3v) is 7.33. The van der Waals surface area contributed by atoms with E-state index < -0.39 is 16.0 Å². The second kappa shape index (κ2) is 6.46. The number of carboxylic acid groups (broad SMARTS) is 1. The quantitative estimate of drug-likeness (QED) is 0.900. The van der Waals surface area contributed by atoms with Gasteiger partial charge in [-0.25, -0.2) is 13.2 Å². The summed E-state index contributed by atoms with van der Waals surface area (Å²) in [6, 6.07) is 1.27. The van der Waals surface area contributed by atoms with E-state index in [0.29, 0.717) is 5.92 Å². The zero-order valence-corrected chi connectivity index (χ0v) is 13.9. The molecule has 0 saturated heterocycles. The lowest BCUT2D eigenvalue weighted by Gasteiger charge is -2.33. The highest BCUT2D eigenvalue weighted by atomic mass is 32.2. The molecule has 1 saturated carbocycles. The molecule has 1 aliphatic carbocycles. The SMILES string of the molecule is CCC1CCC(N(C)S(=O)(=O)c2csc(C(=O)O)c2)CC1. The molecule has 1 aromatic rings. The van der Waals surface area contributed by atoms with Gasteiger partial charge in [0.1, 0.15) is 4.88 Å². The monoisotopic (exact) mass is 331 g/mol. The molecule has 5 nitrogen and oxygen atoms in total. The zero-order valence-electron chi connectivity index (χ0n) is 12.3. The number of carboxylic acids is 1. The number of aromatic carboxylic acids is 1. The van der Waals surface area contributed by atoms with Gasteiger partial charge in [0.25, 0.3) is 0 Å². The molecule has 118 valence electrons. The van der Waals surface area contributed by atoms with Crippen molar-refractivity contribution in [1.82, 2.24) is 4.31 Å². The largest absolute Gasteiger partial charge is 0.477 e. The van der Waals surface area contributed by atoms with Crippen LogP contribution in [0.25, 0.3) is 0 Å². The van der Waals surface area contributed by atoms with Gasteiger partial charge >= 0.3 is 5.97 Å². The Balaban J connectivity index is 2.13. The van der Waals surface area contributed by atoms with E-state index in [2.05, 4.69) is 6.92 Å². The van der Waals surface area contributed by atoms with Gasteiger partial charge in [-0.1, -0.05) is 13.3 Å². The van der Waals surface area contributed by atoms with Gasteiger partial charge in [-0.2, -0.15) is 4.31 Å². The highest BCUT2D eigenvalue weighted by Crippen LogP contribution is 2.32. The van der Waals surface area contributed by atoms with Crippen molar-refractivity contribution >= 4 is 27.3 Å². The Morgan fingerprint density at radius 2 is 2.00 bits per heavy atom. The molecule has 0 amide bonds. The van der Waals surface area contributed by atoms with Crippen molar-refractivity contribution in [1.29, 1.82) is 0 Å². The lowest BCUT2D eigenvalue weighted by molar-refractivity contribution is 0.0702. The minimum absolute atomic E-state index is 0.0194. The van der Waals surface area contributed by atoms with Gasteiger partial charge in [0.15, 0.2) is 0 Å². The molecule has 1 fully saturated rings. The maximum absolute atomic E-state index is 12.6. The molecule has 1 aliphatic rings. The van der Waals surface area contributed by atoms with Crippen LogP contribution in [0.4, 0.5) is 0 Å². The molecule has 0 aliphatic heterocycles. The Hall–Kier alpha value is -0.920. The van der Waals surface area contributed by atoms with Crippen molar-refractivity contribution < 1.29 is 18.3 Å². The summed E-state index contributed by atoms with van der Waals surface area (Å²) in [6.45, 7) is 2.17. The second-order valence-electron chi connectivity index (χ2n) is 5.56. The molecule has 1 aromatic heterocycles. The molecule has 21 heavy (non-hydrogen) atoms. The van der Waals surface area contributed by atoms with Gasteiger partial charge in [0.05, 0.1) is 4.90 Å². The first-order chi connectivity index (χ1) is 9.86. The number of rotatable bonds is 5. The van der Waals surface area contributed by atoms with Crippen LogP contribution in [0.15, 0.2) is 16.3 Å². The number of hydrogen-bond acceptors (Lipinski definition) is 4. The first kappa shape index (κ1) is 16.5. The Morgan fingerprint density at radius 3 is 2.48 bits per heavy atom. The lowest BCUT2D eigenvalue weighted by atomic mass is 9.85. The molecule has 0 unspecified atom stereocenters. The number of hydrogen-bond donors (Lipinski definition) is 1. The molecular formula is C14H21NO4S2. The lowest BCUT2D eigenvalue weighted by Crippen LogP contribution is -2.39. The first-order valence-corrected chi connectivity index (χ1v) is 9.48. The Kier molecular flexibility index (Phi) is 5.06. The number of nitrogens with zero attached hydrogens (tertiary/aromatic N) is 1. The zero-order chi connectivity index (χ0) is 15.6.